The van der Waals surface area contributed by atoms with E-state index in [0.717, 1.165) is 11.1 Å². The first kappa shape index (κ1) is 15.3. The predicted molar refractivity (Wildman–Crippen MR) is 84.8 cm³/mol. The Kier molecular flexibility index (Phi) is 3.71. The van der Waals surface area contributed by atoms with Gasteiger partial charge in [-0.3, -0.25) is 4.79 Å². The number of nitrogen functional groups attached to an aromatic ring is 1. The summed E-state index contributed by atoms with van der Waals surface area (Å²) in [6, 6.07) is 5.44. The molecule has 1 heterocycles. The molecule has 0 aliphatic heterocycles. The minimum absolute atomic E-state index is 0.0264. The zero-order chi connectivity index (χ0) is 16.7. The Bertz CT molecular complexity index is 777. The van der Waals surface area contributed by atoms with Gasteiger partial charge in [0.05, 0.1) is 6.04 Å². The highest BCUT2D eigenvalue weighted by Crippen LogP contribution is 2.38. The molecule has 2 aromatic rings. The van der Waals surface area contributed by atoms with Crippen molar-refractivity contribution in [3.8, 4) is 0 Å². The fraction of sp³-hybridized carbons (Fsp3) is 0.375. The summed E-state index contributed by atoms with van der Waals surface area (Å²) in [4.78, 5) is 24.2. The zero-order valence-electron chi connectivity index (χ0n) is 13.2. The fourth-order valence-corrected chi connectivity index (χ4v) is 2.82. The van der Waals surface area contributed by atoms with Gasteiger partial charge in [-0.05, 0) is 19.4 Å². The number of aryl methyl sites for hydroxylation is 1. The molecule has 0 saturated heterocycles. The Morgan fingerprint density at radius 3 is 2.74 bits per heavy atom. The van der Waals surface area contributed by atoms with Crippen LogP contribution in [0.5, 0.6) is 0 Å². The van der Waals surface area contributed by atoms with Crippen molar-refractivity contribution in [2.45, 2.75) is 33.0 Å². The molecule has 7 heteroatoms. The Morgan fingerprint density at radius 2 is 2.04 bits per heavy atom. The number of rotatable bonds is 3. The molecule has 1 aliphatic carbocycles. The van der Waals surface area contributed by atoms with E-state index >= 15 is 0 Å². The number of halogens is 1. The van der Waals surface area contributed by atoms with E-state index < -0.39 is 6.17 Å². The van der Waals surface area contributed by atoms with Gasteiger partial charge >= 0.3 is 0 Å². The molecule has 0 spiro atoms. The molecular weight excluding hydrogens is 297 g/mol. The van der Waals surface area contributed by atoms with Crippen LogP contribution in [0.1, 0.15) is 53.4 Å². The lowest BCUT2D eigenvalue weighted by molar-refractivity contribution is 0.0938. The van der Waals surface area contributed by atoms with Crippen molar-refractivity contribution in [2.24, 2.45) is 5.92 Å². The van der Waals surface area contributed by atoms with Crippen LogP contribution in [-0.4, -0.2) is 20.7 Å². The lowest BCUT2D eigenvalue weighted by Gasteiger charge is -2.18. The van der Waals surface area contributed by atoms with Crippen molar-refractivity contribution >= 4 is 17.7 Å². The van der Waals surface area contributed by atoms with E-state index in [2.05, 4.69) is 20.3 Å². The Hall–Kier alpha value is -2.57. The van der Waals surface area contributed by atoms with Crippen molar-refractivity contribution < 1.29 is 9.18 Å². The van der Waals surface area contributed by atoms with Crippen molar-refractivity contribution in [3.63, 3.8) is 0 Å². The number of hydrogen-bond acceptors (Lipinski definition) is 6. The molecule has 23 heavy (non-hydrogen) atoms. The van der Waals surface area contributed by atoms with E-state index in [4.69, 9.17) is 5.73 Å². The number of nitrogens with one attached hydrogen (secondary N) is 1. The summed E-state index contributed by atoms with van der Waals surface area (Å²) in [5.74, 6) is -0.101. The number of alkyl halides is 1. The molecule has 0 saturated carbocycles. The molecule has 3 N–H and O–H groups in total. The van der Waals surface area contributed by atoms with Gasteiger partial charge in [0, 0.05) is 11.5 Å². The van der Waals surface area contributed by atoms with E-state index in [9.17, 15) is 9.18 Å². The Labute approximate surface area is 133 Å². The maximum Gasteiger partial charge on any atom is 0.228 e. The number of nitrogens with two attached hydrogens (primary N) is 1. The molecule has 3 atom stereocenters. The third kappa shape index (κ3) is 2.74. The average Bonchev–Trinajstić information content (AvgIpc) is 2.71. The number of Topliss-reactive ketones (excluding diaryl/α,β-unsaturated/α-hetero) is 1. The van der Waals surface area contributed by atoms with Crippen LogP contribution in [0.3, 0.4) is 0 Å². The van der Waals surface area contributed by atoms with E-state index in [1.165, 1.54) is 6.92 Å². The van der Waals surface area contributed by atoms with Gasteiger partial charge in [0.2, 0.25) is 11.9 Å². The van der Waals surface area contributed by atoms with Crippen molar-refractivity contribution in [2.75, 3.05) is 11.1 Å². The maximum atomic E-state index is 13.4. The van der Waals surface area contributed by atoms with Gasteiger partial charge < -0.3 is 11.1 Å². The standard InChI is InChI=1S/C16H18FN5O/c1-7-4-5-10-11(6-7)12(8(2)13(10)23)19-16-21-14(9(3)17)20-15(18)22-16/h4-6,8-9,12H,1-3H3,(H3,18,19,20,21,22)/t8-,9-,12-/m1/s1. The quantitative estimate of drug-likeness (QED) is 0.904. The fourth-order valence-electron chi connectivity index (χ4n) is 2.82. The number of benzene rings is 1. The number of carbonyl (C=O) groups is 1. The molecule has 1 aromatic heterocycles. The molecule has 120 valence electrons. The number of carbonyl (C=O) groups excluding carboxylic acids is 1. The predicted octanol–water partition coefficient (Wildman–Crippen LogP) is 2.78. The van der Waals surface area contributed by atoms with Crippen LogP contribution < -0.4 is 11.1 Å². The molecular formula is C16H18FN5O. The lowest BCUT2D eigenvalue weighted by Crippen LogP contribution is -2.20. The molecule has 0 unspecified atom stereocenters. The van der Waals surface area contributed by atoms with Gasteiger partial charge in [0.1, 0.15) is 0 Å². The number of nitrogens with zero attached hydrogens (tertiary/aromatic N) is 3. The second-order valence-electron chi connectivity index (χ2n) is 5.86. The van der Waals surface area contributed by atoms with Crippen molar-refractivity contribution in [1.82, 2.24) is 15.0 Å². The van der Waals surface area contributed by atoms with Crippen LogP contribution in [0.4, 0.5) is 16.3 Å². The number of aromatic nitrogens is 3. The van der Waals surface area contributed by atoms with Crippen LogP contribution in [0.15, 0.2) is 18.2 Å². The zero-order valence-corrected chi connectivity index (χ0v) is 13.2. The summed E-state index contributed by atoms with van der Waals surface area (Å²) in [5, 5.41) is 3.11. The number of ketones is 1. The third-order valence-electron chi connectivity index (χ3n) is 4.03. The Balaban J connectivity index is 1.98. The topological polar surface area (TPSA) is 93.8 Å². The number of hydrogen-bond donors (Lipinski definition) is 2. The molecule has 0 bridgehead atoms. The highest BCUT2D eigenvalue weighted by atomic mass is 19.1. The lowest BCUT2D eigenvalue weighted by atomic mass is 10.0. The summed E-state index contributed by atoms with van der Waals surface area (Å²) in [6.07, 6.45) is -1.35. The van der Waals surface area contributed by atoms with Gasteiger partial charge in [-0.1, -0.05) is 30.7 Å². The maximum absolute atomic E-state index is 13.4. The van der Waals surface area contributed by atoms with Crippen LogP contribution in [-0.2, 0) is 0 Å². The van der Waals surface area contributed by atoms with Crippen LogP contribution in [0.2, 0.25) is 0 Å². The van der Waals surface area contributed by atoms with Gasteiger partial charge in [-0.2, -0.15) is 15.0 Å². The summed E-state index contributed by atoms with van der Waals surface area (Å²) in [7, 11) is 0. The van der Waals surface area contributed by atoms with Gasteiger partial charge in [0.25, 0.3) is 0 Å². The summed E-state index contributed by atoms with van der Waals surface area (Å²) < 4.78 is 13.4. The summed E-state index contributed by atoms with van der Waals surface area (Å²) >= 11 is 0. The van der Waals surface area contributed by atoms with E-state index in [0.29, 0.717) is 5.56 Å². The van der Waals surface area contributed by atoms with Crippen molar-refractivity contribution in [1.29, 1.82) is 0 Å². The smallest absolute Gasteiger partial charge is 0.228 e. The summed E-state index contributed by atoms with van der Waals surface area (Å²) in [6.45, 7) is 5.14. The molecule has 0 amide bonds. The monoisotopic (exact) mass is 315 g/mol. The first-order chi connectivity index (χ1) is 10.9. The normalized spacial score (nSPS) is 21.1. The SMILES string of the molecule is Cc1ccc2c(c1)[C@H](Nc1nc(N)nc([C@@H](C)F)n1)[C@@H](C)C2=O. The average molecular weight is 315 g/mol. The molecule has 1 aromatic carbocycles. The minimum atomic E-state index is -1.35. The molecule has 0 radical (unpaired) electrons. The van der Waals surface area contributed by atoms with E-state index in [-0.39, 0.29) is 35.5 Å². The Morgan fingerprint density at radius 1 is 1.30 bits per heavy atom. The van der Waals surface area contributed by atoms with Crippen LogP contribution in [0, 0.1) is 12.8 Å². The highest BCUT2D eigenvalue weighted by molar-refractivity contribution is 6.03. The minimum Gasteiger partial charge on any atom is -0.368 e. The number of anilines is 2. The molecule has 6 nitrogen and oxygen atoms in total. The molecule has 1 aliphatic rings. The molecule has 3 rings (SSSR count). The second-order valence-corrected chi connectivity index (χ2v) is 5.86. The van der Waals surface area contributed by atoms with Crippen LogP contribution >= 0.6 is 0 Å². The summed E-state index contributed by atoms with van der Waals surface area (Å²) in [5.41, 5.74) is 8.27. The third-order valence-corrected chi connectivity index (χ3v) is 4.03. The number of fused-ring (bicyclic) bond motifs is 1. The first-order valence-electron chi connectivity index (χ1n) is 7.43. The van der Waals surface area contributed by atoms with E-state index in [1.807, 2.05) is 32.0 Å². The van der Waals surface area contributed by atoms with Crippen LogP contribution in [0.25, 0.3) is 0 Å². The highest BCUT2D eigenvalue weighted by Gasteiger charge is 2.37. The van der Waals surface area contributed by atoms with Crippen molar-refractivity contribution in [3.05, 3.63) is 40.7 Å². The molecule has 0 fully saturated rings. The first-order valence-corrected chi connectivity index (χ1v) is 7.43. The van der Waals surface area contributed by atoms with E-state index in [1.54, 1.807) is 0 Å². The van der Waals surface area contributed by atoms with Gasteiger partial charge in [0.15, 0.2) is 17.8 Å². The second kappa shape index (κ2) is 5.57. The van der Waals surface area contributed by atoms with Gasteiger partial charge in [-0.15, -0.1) is 0 Å². The van der Waals surface area contributed by atoms with Gasteiger partial charge in [-0.25, -0.2) is 4.39 Å². The largest absolute Gasteiger partial charge is 0.368 e.